The van der Waals surface area contributed by atoms with Gasteiger partial charge in [-0.3, -0.25) is 4.79 Å². The molecule has 0 heterocycles. The first kappa shape index (κ1) is 12.0. The third-order valence-electron chi connectivity index (χ3n) is 1.95. The second kappa shape index (κ2) is 5.72. The summed E-state index contributed by atoms with van der Waals surface area (Å²) >= 11 is 3.37. The van der Waals surface area contributed by atoms with E-state index in [0.29, 0.717) is 12.1 Å². The molecule has 0 radical (unpaired) electrons. The number of amides is 1. The molecule has 1 aromatic carbocycles. The monoisotopic (exact) mass is 271 g/mol. The second-order valence-electron chi connectivity index (χ2n) is 3.13. The topological polar surface area (TPSA) is 81.1 Å². The number of nitrogens with two attached hydrogens (primary N) is 2. The third kappa shape index (κ3) is 3.53. The van der Waals surface area contributed by atoms with Crippen molar-refractivity contribution in [1.82, 2.24) is 0 Å². The fourth-order valence-corrected chi connectivity index (χ4v) is 1.66. The Bertz CT molecular complexity index is 355. The molecule has 0 aromatic heterocycles. The van der Waals surface area contributed by atoms with E-state index in [2.05, 4.69) is 21.2 Å². The Morgan fingerprint density at radius 2 is 2.20 bits per heavy atom. The van der Waals surface area contributed by atoms with Gasteiger partial charge in [0.05, 0.1) is 0 Å². The first-order valence-electron chi connectivity index (χ1n) is 4.68. The summed E-state index contributed by atoms with van der Waals surface area (Å²) in [4.78, 5) is 10.9. The van der Waals surface area contributed by atoms with Gasteiger partial charge in [-0.05, 0) is 47.1 Å². The van der Waals surface area contributed by atoms with Crippen molar-refractivity contribution >= 4 is 27.5 Å². The van der Waals surface area contributed by atoms with E-state index < -0.39 is 5.91 Å². The lowest BCUT2D eigenvalue weighted by Crippen LogP contribution is -2.12. The Morgan fingerprint density at radius 3 is 2.73 bits per heavy atom. The van der Waals surface area contributed by atoms with Crippen LogP contribution in [0.2, 0.25) is 0 Å². The molecule has 0 aliphatic heterocycles. The lowest BCUT2D eigenvalue weighted by Gasteiger charge is -2.08. The Kier molecular flexibility index (Phi) is 4.58. The van der Waals surface area contributed by atoms with Crippen LogP contribution in [0, 0.1) is 0 Å². The average molecular weight is 272 g/mol. The van der Waals surface area contributed by atoms with Crippen molar-refractivity contribution in [3.63, 3.8) is 0 Å². The van der Waals surface area contributed by atoms with E-state index in [1.807, 2.05) is 6.07 Å². The molecule has 0 unspecified atom stereocenters. The Hall–Kier alpha value is -1.07. The highest BCUT2D eigenvalue weighted by Crippen LogP contribution is 2.23. The Balaban J connectivity index is 2.70. The lowest BCUT2D eigenvalue weighted by molar-refractivity contribution is 0.100. The molecule has 0 aliphatic carbocycles. The molecule has 0 spiro atoms. The largest absolute Gasteiger partial charge is 0.384 e. The van der Waals surface area contributed by atoms with E-state index in [-0.39, 0.29) is 0 Å². The smallest absolute Gasteiger partial charge is 0.248 e. The van der Waals surface area contributed by atoms with Gasteiger partial charge in [-0.1, -0.05) is 0 Å². The fourth-order valence-electron chi connectivity index (χ4n) is 1.14. The zero-order valence-electron chi connectivity index (χ0n) is 8.29. The highest BCUT2D eigenvalue weighted by Gasteiger charge is 2.04. The number of rotatable bonds is 5. The predicted octanol–water partition coefficient (Wildman–Crippen LogP) is 1.31. The molecule has 15 heavy (non-hydrogen) atoms. The highest BCUT2D eigenvalue weighted by molar-refractivity contribution is 9.10. The third-order valence-corrected chi connectivity index (χ3v) is 2.61. The van der Waals surface area contributed by atoms with E-state index in [4.69, 9.17) is 11.5 Å². The van der Waals surface area contributed by atoms with Crippen LogP contribution < -0.4 is 16.8 Å². The van der Waals surface area contributed by atoms with E-state index >= 15 is 0 Å². The molecular weight excluding hydrogens is 258 g/mol. The fraction of sp³-hybridized carbons (Fsp3) is 0.300. The zero-order chi connectivity index (χ0) is 11.3. The molecule has 82 valence electrons. The summed E-state index contributed by atoms with van der Waals surface area (Å²) in [5.41, 5.74) is 12.0. The lowest BCUT2D eigenvalue weighted by atomic mass is 10.2. The number of primary amides is 1. The molecule has 0 saturated heterocycles. The molecule has 0 atom stereocenters. The SMILES string of the molecule is NCCCNc1ccc(C(N)=O)cc1Br. The van der Waals surface area contributed by atoms with Gasteiger partial charge in [0.15, 0.2) is 0 Å². The number of halogens is 1. The number of hydrogen-bond acceptors (Lipinski definition) is 3. The first-order valence-corrected chi connectivity index (χ1v) is 5.47. The van der Waals surface area contributed by atoms with Crippen LogP contribution in [0.25, 0.3) is 0 Å². The highest BCUT2D eigenvalue weighted by atomic mass is 79.9. The normalized spacial score (nSPS) is 10.0. The number of nitrogens with one attached hydrogen (secondary N) is 1. The summed E-state index contributed by atoms with van der Waals surface area (Å²) in [6.07, 6.45) is 0.907. The van der Waals surface area contributed by atoms with Gasteiger partial charge in [0, 0.05) is 22.3 Å². The van der Waals surface area contributed by atoms with E-state index in [1.54, 1.807) is 12.1 Å². The molecule has 1 amide bonds. The maximum absolute atomic E-state index is 10.9. The van der Waals surface area contributed by atoms with Crippen molar-refractivity contribution in [3.8, 4) is 0 Å². The molecule has 4 nitrogen and oxygen atoms in total. The van der Waals surface area contributed by atoms with Crippen molar-refractivity contribution in [2.75, 3.05) is 18.4 Å². The van der Waals surface area contributed by atoms with Gasteiger partial charge in [0.2, 0.25) is 5.91 Å². The van der Waals surface area contributed by atoms with Crippen LogP contribution in [0.4, 0.5) is 5.69 Å². The molecule has 0 aliphatic rings. The summed E-state index contributed by atoms with van der Waals surface area (Å²) in [5, 5.41) is 3.20. The van der Waals surface area contributed by atoms with Gasteiger partial charge in [-0.2, -0.15) is 0 Å². The van der Waals surface area contributed by atoms with Crippen molar-refractivity contribution in [1.29, 1.82) is 0 Å². The predicted molar refractivity (Wildman–Crippen MR) is 64.8 cm³/mol. The minimum Gasteiger partial charge on any atom is -0.384 e. The minimum absolute atomic E-state index is 0.427. The van der Waals surface area contributed by atoms with Crippen LogP contribution in [0.3, 0.4) is 0 Å². The number of carbonyl (C=O) groups is 1. The van der Waals surface area contributed by atoms with Crippen LogP contribution in [0.1, 0.15) is 16.8 Å². The summed E-state index contributed by atoms with van der Waals surface area (Å²) in [6, 6.07) is 5.21. The Morgan fingerprint density at radius 1 is 1.47 bits per heavy atom. The number of benzene rings is 1. The molecule has 1 rings (SSSR count). The molecule has 0 fully saturated rings. The van der Waals surface area contributed by atoms with Gasteiger partial charge in [0.25, 0.3) is 0 Å². The molecular formula is C10H14BrN3O. The molecule has 5 heteroatoms. The zero-order valence-corrected chi connectivity index (χ0v) is 9.88. The van der Waals surface area contributed by atoms with E-state index in [9.17, 15) is 4.79 Å². The molecule has 0 bridgehead atoms. The summed E-state index contributed by atoms with van der Waals surface area (Å²) in [6.45, 7) is 1.47. The summed E-state index contributed by atoms with van der Waals surface area (Å²) in [5.74, 6) is -0.427. The quantitative estimate of drug-likeness (QED) is 0.707. The summed E-state index contributed by atoms with van der Waals surface area (Å²) < 4.78 is 0.829. The van der Waals surface area contributed by atoms with Gasteiger partial charge in [-0.15, -0.1) is 0 Å². The molecule has 5 N–H and O–H groups in total. The number of anilines is 1. The van der Waals surface area contributed by atoms with Gasteiger partial charge in [0.1, 0.15) is 0 Å². The molecule has 0 saturated carbocycles. The number of carbonyl (C=O) groups excluding carboxylic acids is 1. The summed E-state index contributed by atoms with van der Waals surface area (Å²) in [7, 11) is 0. The Labute approximate surface area is 97.1 Å². The van der Waals surface area contributed by atoms with Gasteiger partial charge < -0.3 is 16.8 Å². The van der Waals surface area contributed by atoms with Crippen LogP contribution in [-0.4, -0.2) is 19.0 Å². The average Bonchev–Trinajstić information content (AvgIpc) is 2.20. The van der Waals surface area contributed by atoms with Crippen LogP contribution in [0.5, 0.6) is 0 Å². The number of hydrogen-bond donors (Lipinski definition) is 3. The van der Waals surface area contributed by atoms with Crippen molar-refractivity contribution in [2.45, 2.75) is 6.42 Å². The van der Waals surface area contributed by atoms with Crippen LogP contribution in [0.15, 0.2) is 22.7 Å². The van der Waals surface area contributed by atoms with Crippen molar-refractivity contribution < 1.29 is 4.79 Å². The maximum atomic E-state index is 10.9. The first-order chi connectivity index (χ1) is 7.15. The molecule has 1 aromatic rings. The van der Waals surface area contributed by atoms with E-state index in [0.717, 1.165) is 23.1 Å². The van der Waals surface area contributed by atoms with Crippen molar-refractivity contribution in [2.24, 2.45) is 11.5 Å². The van der Waals surface area contributed by atoms with Crippen LogP contribution >= 0.6 is 15.9 Å². The van der Waals surface area contributed by atoms with Crippen LogP contribution in [-0.2, 0) is 0 Å². The van der Waals surface area contributed by atoms with Crippen molar-refractivity contribution in [3.05, 3.63) is 28.2 Å². The standard InChI is InChI=1S/C10H14BrN3O/c11-8-6-7(10(13)15)2-3-9(8)14-5-1-4-12/h2-3,6,14H,1,4-5,12H2,(H2,13,15). The minimum atomic E-state index is -0.427. The van der Waals surface area contributed by atoms with Gasteiger partial charge in [-0.25, -0.2) is 0 Å². The second-order valence-corrected chi connectivity index (χ2v) is 3.98. The maximum Gasteiger partial charge on any atom is 0.248 e. The van der Waals surface area contributed by atoms with Gasteiger partial charge >= 0.3 is 0 Å². The van der Waals surface area contributed by atoms with E-state index in [1.165, 1.54) is 0 Å².